The number of nitrogens with one attached hydrogen (secondary N) is 3. The van der Waals surface area contributed by atoms with Crippen molar-refractivity contribution < 1.29 is 38.6 Å². The van der Waals surface area contributed by atoms with Crippen LogP contribution >= 0.6 is 0 Å². The van der Waals surface area contributed by atoms with Gasteiger partial charge in [0.25, 0.3) is 5.91 Å². The first-order valence-electron chi connectivity index (χ1n) is 18.1. The van der Waals surface area contributed by atoms with Gasteiger partial charge in [-0.25, -0.2) is 4.79 Å². The molecule has 3 atom stereocenters. The summed E-state index contributed by atoms with van der Waals surface area (Å²) >= 11 is 0. The van der Waals surface area contributed by atoms with Gasteiger partial charge in [0.05, 0.1) is 6.54 Å². The molecule has 4 amide bonds. The summed E-state index contributed by atoms with van der Waals surface area (Å²) in [6.07, 6.45) is 3.81. The smallest absolute Gasteiger partial charge is 0.326 e. The van der Waals surface area contributed by atoms with Crippen LogP contribution in [0.25, 0.3) is 23.3 Å². The first kappa shape index (κ1) is 40.7. The maximum Gasteiger partial charge on any atom is 0.326 e. The van der Waals surface area contributed by atoms with E-state index >= 15 is 0 Å². The zero-order valence-corrected chi connectivity index (χ0v) is 31.2. The molecule has 14 nitrogen and oxygen atoms in total. The van der Waals surface area contributed by atoms with Crippen LogP contribution in [0.15, 0.2) is 91.0 Å². The molecule has 4 bridgehead atoms. The number of fused-ring (bicyclic) bond motifs is 5. The SMILES string of the molecule is C[C@@H]1NC(=O)C(N(C)C(=O)CNC(=O)c2ccc(/C=C/c3ccccc3)cc2)c2ccc(OCCN)c(c2)-c2cc(ccc2OCCN)CC(C(=O)O)NC1=O. The van der Waals surface area contributed by atoms with Crippen LogP contribution in [0.3, 0.4) is 0 Å². The monoisotopic (exact) mass is 762 g/mol. The fraction of sp³-hybridized carbons (Fsp3) is 0.262. The van der Waals surface area contributed by atoms with Crippen molar-refractivity contribution in [1.29, 1.82) is 0 Å². The average molecular weight is 763 g/mol. The number of nitrogens with zero attached hydrogens (tertiary/aromatic N) is 1. The van der Waals surface area contributed by atoms with E-state index in [-0.39, 0.29) is 32.7 Å². The molecule has 0 spiro atoms. The van der Waals surface area contributed by atoms with E-state index in [1.54, 1.807) is 60.7 Å². The lowest BCUT2D eigenvalue weighted by Crippen LogP contribution is -2.53. The minimum Gasteiger partial charge on any atom is -0.492 e. The Morgan fingerprint density at radius 1 is 0.821 bits per heavy atom. The molecule has 0 fully saturated rings. The highest BCUT2D eigenvalue weighted by atomic mass is 16.5. The van der Waals surface area contributed by atoms with Crippen molar-refractivity contribution in [3.63, 3.8) is 0 Å². The number of ether oxygens (including phenoxy) is 2. The van der Waals surface area contributed by atoms with E-state index in [1.165, 1.54) is 18.9 Å². The molecule has 292 valence electrons. The Labute approximate surface area is 324 Å². The Kier molecular flexibility index (Phi) is 13.9. The predicted molar refractivity (Wildman–Crippen MR) is 212 cm³/mol. The minimum absolute atomic E-state index is 0.0778. The van der Waals surface area contributed by atoms with Gasteiger partial charge in [-0.1, -0.05) is 66.7 Å². The second-order valence-corrected chi connectivity index (χ2v) is 13.2. The second kappa shape index (κ2) is 19.2. The Balaban J connectivity index is 1.47. The van der Waals surface area contributed by atoms with Crippen LogP contribution in [0.2, 0.25) is 0 Å². The molecule has 1 heterocycles. The molecule has 1 aliphatic rings. The van der Waals surface area contributed by atoms with Gasteiger partial charge in [0.2, 0.25) is 17.7 Å². The summed E-state index contributed by atoms with van der Waals surface area (Å²) in [5.41, 5.74) is 15.6. The molecule has 0 aromatic heterocycles. The number of nitrogens with two attached hydrogens (primary N) is 2. The van der Waals surface area contributed by atoms with Crippen LogP contribution in [0.4, 0.5) is 0 Å². The molecule has 8 N–H and O–H groups in total. The Hall–Kier alpha value is -6.51. The van der Waals surface area contributed by atoms with E-state index < -0.39 is 54.3 Å². The van der Waals surface area contributed by atoms with Crippen LogP contribution in [-0.4, -0.2) is 91.6 Å². The lowest BCUT2D eigenvalue weighted by Gasteiger charge is -2.30. The van der Waals surface area contributed by atoms with Crippen LogP contribution in [0.5, 0.6) is 11.5 Å². The van der Waals surface area contributed by atoms with Crippen molar-refractivity contribution in [1.82, 2.24) is 20.9 Å². The first-order valence-corrected chi connectivity index (χ1v) is 18.1. The quantitative estimate of drug-likeness (QED) is 0.110. The number of hydrogen-bond donors (Lipinski definition) is 6. The van der Waals surface area contributed by atoms with Gasteiger partial charge < -0.3 is 46.9 Å². The first-order chi connectivity index (χ1) is 27.0. The number of hydrogen-bond acceptors (Lipinski definition) is 9. The number of amides is 4. The molecule has 2 unspecified atom stereocenters. The zero-order valence-electron chi connectivity index (χ0n) is 31.2. The van der Waals surface area contributed by atoms with Gasteiger partial charge in [-0.15, -0.1) is 0 Å². The van der Waals surface area contributed by atoms with Crippen molar-refractivity contribution in [3.05, 3.63) is 119 Å². The molecular weight excluding hydrogens is 716 g/mol. The van der Waals surface area contributed by atoms with Crippen molar-refractivity contribution in [3.8, 4) is 22.6 Å². The van der Waals surface area contributed by atoms with Crippen LogP contribution in [-0.2, 0) is 25.6 Å². The number of benzene rings is 4. The van der Waals surface area contributed by atoms with Crippen molar-refractivity contribution in [2.45, 2.75) is 31.5 Å². The highest BCUT2D eigenvalue weighted by molar-refractivity contribution is 5.98. The van der Waals surface area contributed by atoms with Gasteiger partial charge in [0.15, 0.2) is 0 Å². The van der Waals surface area contributed by atoms with E-state index in [4.69, 9.17) is 20.9 Å². The van der Waals surface area contributed by atoms with E-state index in [2.05, 4.69) is 16.0 Å². The summed E-state index contributed by atoms with van der Waals surface area (Å²) in [6, 6.07) is 22.9. The fourth-order valence-electron chi connectivity index (χ4n) is 6.10. The van der Waals surface area contributed by atoms with Crippen molar-refractivity contribution in [2.24, 2.45) is 11.5 Å². The Morgan fingerprint density at radius 3 is 2.05 bits per heavy atom. The molecule has 0 radical (unpaired) electrons. The Morgan fingerprint density at radius 2 is 1.43 bits per heavy atom. The summed E-state index contributed by atoms with van der Waals surface area (Å²) in [5.74, 6) is -3.05. The molecule has 0 aliphatic carbocycles. The molecule has 14 heteroatoms. The zero-order chi connectivity index (χ0) is 40.2. The summed E-state index contributed by atoms with van der Waals surface area (Å²) in [4.78, 5) is 67.7. The number of likely N-dealkylation sites (N-methyl/N-ethyl adjacent to an activating group) is 1. The number of carboxylic acids is 1. The van der Waals surface area contributed by atoms with Gasteiger partial charge in [0.1, 0.15) is 42.8 Å². The third-order valence-electron chi connectivity index (χ3n) is 9.08. The topological polar surface area (TPSA) is 215 Å². The standard InChI is InChI=1S/C42H46N6O8/c1-26-39(50)47-34(42(53)54)23-29-12-16-35(55-20-18-43)32(22-29)33-24-31(15-17-36(33)56-21-19-44)38(41(52)46-26)48(2)37(49)25-45-40(51)30-13-10-28(11-14-30)9-8-27-6-4-3-5-7-27/h3-17,22,24,26,34,38H,18-21,23,25,43-44H2,1-2H3,(H,45,51)(H,46,52)(H,47,50)(H,53,54)/b9-8+/t26-,34?,38?/m0/s1. The van der Waals surface area contributed by atoms with E-state index in [0.717, 1.165) is 11.1 Å². The van der Waals surface area contributed by atoms with Crippen molar-refractivity contribution >= 4 is 41.8 Å². The van der Waals surface area contributed by atoms with Crippen molar-refractivity contribution in [2.75, 3.05) is 39.9 Å². The number of carboxylic acid groups (broad SMARTS) is 1. The number of carbonyl (C=O) groups excluding carboxylic acids is 4. The minimum atomic E-state index is -1.33. The van der Waals surface area contributed by atoms with Gasteiger partial charge in [-0.3, -0.25) is 19.2 Å². The number of carbonyl (C=O) groups is 5. The van der Waals surface area contributed by atoms with E-state index in [0.29, 0.717) is 39.3 Å². The molecular formula is C42H46N6O8. The fourth-order valence-corrected chi connectivity index (χ4v) is 6.10. The second-order valence-electron chi connectivity index (χ2n) is 13.2. The van der Waals surface area contributed by atoms with Gasteiger partial charge >= 0.3 is 5.97 Å². The maximum absolute atomic E-state index is 14.1. The van der Waals surface area contributed by atoms with E-state index in [1.807, 2.05) is 42.5 Å². The number of rotatable bonds is 13. The predicted octanol–water partition coefficient (Wildman–Crippen LogP) is 2.76. The summed E-state index contributed by atoms with van der Waals surface area (Å²) in [6.45, 7) is 1.71. The summed E-state index contributed by atoms with van der Waals surface area (Å²) in [5, 5.41) is 17.8. The van der Waals surface area contributed by atoms with Gasteiger partial charge in [-0.05, 0) is 65.6 Å². The van der Waals surface area contributed by atoms with Crippen LogP contribution in [0, 0.1) is 0 Å². The highest BCUT2D eigenvalue weighted by Crippen LogP contribution is 2.40. The van der Waals surface area contributed by atoms with Crippen LogP contribution < -0.4 is 36.9 Å². The third kappa shape index (κ3) is 10.4. The maximum atomic E-state index is 14.1. The highest BCUT2D eigenvalue weighted by Gasteiger charge is 2.33. The normalized spacial score (nSPS) is 16.9. The molecule has 0 saturated heterocycles. The average Bonchev–Trinajstić information content (AvgIpc) is 3.20. The third-order valence-corrected chi connectivity index (χ3v) is 9.08. The lowest BCUT2D eigenvalue weighted by molar-refractivity contribution is -0.142. The van der Waals surface area contributed by atoms with Gasteiger partial charge in [-0.2, -0.15) is 0 Å². The number of aliphatic carboxylic acids is 1. The molecule has 56 heavy (non-hydrogen) atoms. The van der Waals surface area contributed by atoms with Crippen LogP contribution in [0.1, 0.15) is 45.6 Å². The molecule has 4 aromatic rings. The van der Waals surface area contributed by atoms with Gasteiger partial charge in [0, 0.05) is 43.2 Å². The summed E-state index contributed by atoms with van der Waals surface area (Å²) < 4.78 is 12.0. The summed E-state index contributed by atoms with van der Waals surface area (Å²) in [7, 11) is 1.41. The Bertz CT molecular complexity index is 2070. The molecule has 5 rings (SSSR count). The molecule has 0 saturated carbocycles. The van der Waals surface area contributed by atoms with E-state index in [9.17, 15) is 29.1 Å². The molecule has 4 aromatic carbocycles. The lowest BCUT2D eigenvalue weighted by atomic mass is 9.93. The largest absolute Gasteiger partial charge is 0.492 e. The molecule has 1 aliphatic heterocycles.